The molecule has 3 rings (SSSR count). The van der Waals surface area contributed by atoms with Crippen molar-refractivity contribution in [1.29, 1.82) is 0 Å². The highest BCUT2D eigenvalue weighted by molar-refractivity contribution is 5.84. The molecule has 0 unspecified atom stereocenters. The maximum Gasteiger partial charge on any atom is 0.411 e. The van der Waals surface area contributed by atoms with Gasteiger partial charge in [0, 0.05) is 17.3 Å². The van der Waals surface area contributed by atoms with E-state index in [1.807, 2.05) is 0 Å². The monoisotopic (exact) mass is 356 g/mol. The van der Waals surface area contributed by atoms with Gasteiger partial charge in [-0.05, 0) is 43.3 Å². The number of rotatable bonds is 6. The fraction of sp³-hybridized carbons (Fsp3) is 0.158. The van der Waals surface area contributed by atoms with E-state index in [-0.39, 0.29) is 12.4 Å². The van der Waals surface area contributed by atoms with E-state index >= 15 is 0 Å². The van der Waals surface area contributed by atoms with Crippen LogP contribution in [0.5, 0.6) is 5.75 Å². The molecule has 1 amide bonds. The Balaban J connectivity index is 1.61. The maximum atomic E-state index is 13.0. The fourth-order valence-electron chi connectivity index (χ4n) is 2.22. The number of ether oxygens (including phenoxy) is 2. The van der Waals surface area contributed by atoms with Crippen LogP contribution < -0.4 is 10.1 Å². The quantitative estimate of drug-likeness (QED) is 0.697. The van der Waals surface area contributed by atoms with Gasteiger partial charge in [-0.25, -0.2) is 14.2 Å². The van der Waals surface area contributed by atoms with Crippen molar-refractivity contribution in [3.63, 3.8) is 0 Å². The molecule has 0 aliphatic heterocycles. The number of hydrogen-bond donors (Lipinski definition) is 1. The molecule has 1 N–H and O–H groups in total. The molecule has 0 saturated carbocycles. The Morgan fingerprint density at radius 2 is 2.04 bits per heavy atom. The Kier molecular flexibility index (Phi) is 5.48. The molecule has 1 aromatic heterocycles. The first-order chi connectivity index (χ1) is 12.6. The highest BCUT2D eigenvalue weighted by Gasteiger charge is 2.08. The minimum Gasteiger partial charge on any atom is -0.484 e. The van der Waals surface area contributed by atoms with Crippen LogP contribution in [0.2, 0.25) is 0 Å². The van der Waals surface area contributed by atoms with Crippen molar-refractivity contribution in [2.45, 2.75) is 13.5 Å². The third-order valence-corrected chi connectivity index (χ3v) is 3.40. The standard InChI is InChI=1S/C19H17FN2O4/c1-2-24-19(23)22-15-4-3-5-16(10-15)25-12-18-21-11-17(26-18)13-6-8-14(20)9-7-13/h3-11H,2,12H2,1H3,(H,22,23). The number of benzene rings is 2. The second-order valence-electron chi connectivity index (χ2n) is 5.29. The van der Waals surface area contributed by atoms with Gasteiger partial charge in [0.2, 0.25) is 5.89 Å². The van der Waals surface area contributed by atoms with Crippen LogP contribution in [-0.4, -0.2) is 17.7 Å². The zero-order valence-corrected chi connectivity index (χ0v) is 14.1. The van der Waals surface area contributed by atoms with Crippen LogP contribution in [-0.2, 0) is 11.3 Å². The Labute approximate surface area is 149 Å². The molecule has 3 aromatic rings. The first kappa shape index (κ1) is 17.5. The van der Waals surface area contributed by atoms with E-state index in [1.54, 1.807) is 49.5 Å². The molecule has 0 atom stereocenters. The summed E-state index contributed by atoms with van der Waals surface area (Å²) in [6.07, 6.45) is 1.03. The van der Waals surface area contributed by atoms with Crippen molar-refractivity contribution in [2.75, 3.05) is 11.9 Å². The molecule has 0 aliphatic carbocycles. The van der Waals surface area contributed by atoms with Gasteiger partial charge in [0.15, 0.2) is 12.4 Å². The van der Waals surface area contributed by atoms with Crippen molar-refractivity contribution in [3.8, 4) is 17.1 Å². The number of halogens is 1. The summed E-state index contributed by atoms with van der Waals surface area (Å²) in [7, 11) is 0. The number of aromatic nitrogens is 1. The van der Waals surface area contributed by atoms with E-state index < -0.39 is 6.09 Å². The first-order valence-corrected chi connectivity index (χ1v) is 8.01. The zero-order valence-electron chi connectivity index (χ0n) is 14.1. The van der Waals surface area contributed by atoms with Gasteiger partial charge < -0.3 is 13.9 Å². The topological polar surface area (TPSA) is 73.6 Å². The van der Waals surface area contributed by atoms with E-state index in [9.17, 15) is 9.18 Å². The summed E-state index contributed by atoms with van der Waals surface area (Å²) in [5.41, 5.74) is 1.28. The highest BCUT2D eigenvalue weighted by Crippen LogP contribution is 2.22. The van der Waals surface area contributed by atoms with E-state index in [2.05, 4.69) is 10.3 Å². The molecule has 0 aliphatic rings. The fourth-order valence-corrected chi connectivity index (χ4v) is 2.22. The van der Waals surface area contributed by atoms with Gasteiger partial charge in [-0.15, -0.1) is 0 Å². The normalized spacial score (nSPS) is 10.4. The second kappa shape index (κ2) is 8.15. The van der Waals surface area contributed by atoms with Gasteiger partial charge in [0.05, 0.1) is 12.8 Å². The molecule has 2 aromatic carbocycles. The number of oxazole rings is 1. The molecular weight excluding hydrogens is 339 g/mol. The van der Waals surface area contributed by atoms with Gasteiger partial charge in [0.1, 0.15) is 11.6 Å². The predicted molar refractivity (Wildman–Crippen MR) is 93.3 cm³/mol. The second-order valence-corrected chi connectivity index (χ2v) is 5.29. The SMILES string of the molecule is CCOC(=O)Nc1cccc(OCc2ncc(-c3ccc(F)cc3)o2)c1. The third-order valence-electron chi connectivity index (χ3n) is 3.40. The maximum absolute atomic E-state index is 13.0. The van der Waals surface area contributed by atoms with Gasteiger partial charge in [-0.2, -0.15) is 0 Å². The molecule has 0 bridgehead atoms. The molecule has 0 radical (unpaired) electrons. The van der Waals surface area contributed by atoms with E-state index in [1.165, 1.54) is 12.1 Å². The van der Waals surface area contributed by atoms with Crippen LogP contribution in [0.15, 0.2) is 59.1 Å². The Bertz CT molecular complexity index is 877. The van der Waals surface area contributed by atoms with Crippen molar-refractivity contribution in [3.05, 3.63) is 66.4 Å². The number of amides is 1. The number of nitrogens with one attached hydrogen (secondary N) is 1. The smallest absolute Gasteiger partial charge is 0.411 e. The first-order valence-electron chi connectivity index (χ1n) is 8.01. The largest absolute Gasteiger partial charge is 0.484 e. The molecule has 0 fully saturated rings. The summed E-state index contributed by atoms with van der Waals surface area (Å²) in [4.78, 5) is 15.6. The third kappa shape index (κ3) is 4.60. The molecule has 7 heteroatoms. The lowest BCUT2D eigenvalue weighted by atomic mass is 10.2. The lowest BCUT2D eigenvalue weighted by molar-refractivity contribution is 0.168. The summed E-state index contributed by atoms with van der Waals surface area (Å²) in [5.74, 6) is 1.14. The number of carbonyl (C=O) groups excluding carboxylic acids is 1. The minimum absolute atomic E-state index is 0.115. The van der Waals surface area contributed by atoms with Gasteiger partial charge in [0.25, 0.3) is 0 Å². The van der Waals surface area contributed by atoms with Crippen molar-refractivity contribution < 1.29 is 23.1 Å². The summed E-state index contributed by atoms with van der Waals surface area (Å²) in [6, 6.07) is 12.8. The van der Waals surface area contributed by atoms with Crippen LogP contribution >= 0.6 is 0 Å². The molecule has 134 valence electrons. The van der Waals surface area contributed by atoms with Gasteiger partial charge in [-0.3, -0.25) is 5.32 Å². The van der Waals surface area contributed by atoms with Crippen molar-refractivity contribution >= 4 is 11.8 Å². The average molecular weight is 356 g/mol. The summed E-state index contributed by atoms with van der Waals surface area (Å²) < 4.78 is 29.0. The molecule has 0 saturated heterocycles. The number of hydrogen-bond acceptors (Lipinski definition) is 5. The van der Waals surface area contributed by atoms with Gasteiger partial charge in [-0.1, -0.05) is 6.07 Å². The lowest BCUT2D eigenvalue weighted by Crippen LogP contribution is -2.13. The Hall–Kier alpha value is -3.35. The van der Waals surface area contributed by atoms with Crippen molar-refractivity contribution in [2.24, 2.45) is 0 Å². The average Bonchev–Trinajstić information content (AvgIpc) is 3.10. The van der Waals surface area contributed by atoms with E-state index in [0.717, 1.165) is 5.56 Å². The molecule has 0 spiro atoms. The Morgan fingerprint density at radius 3 is 2.81 bits per heavy atom. The Morgan fingerprint density at radius 1 is 1.23 bits per heavy atom. The summed E-state index contributed by atoms with van der Waals surface area (Å²) in [5, 5.41) is 2.60. The summed E-state index contributed by atoms with van der Waals surface area (Å²) >= 11 is 0. The minimum atomic E-state index is -0.527. The summed E-state index contributed by atoms with van der Waals surface area (Å²) in [6.45, 7) is 2.14. The number of anilines is 1. The van der Waals surface area contributed by atoms with Crippen LogP contribution in [0.25, 0.3) is 11.3 Å². The van der Waals surface area contributed by atoms with Crippen LogP contribution in [0.4, 0.5) is 14.9 Å². The zero-order chi connectivity index (χ0) is 18.4. The lowest BCUT2D eigenvalue weighted by Gasteiger charge is -2.08. The number of nitrogens with zero attached hydrogens (tertiary/aromatic N) is 1. The predicted octanol–water partition coefficient (Wildman–Crippen LogP) is 4.63. The van der Waals surface area contributed by atoms with E-state index in [0.29, 0.717) is 29.7 Å². The highest BCUT2D eigenvalue weighted by atomic mass is 19.1. The molecule has 26 heavy (non-hydrogen) atoms. The molecule has 6 nitrogen and oxygen atoms in total. The van der Waals surface area contributed by atoms with E-state index in [4.69, 9.17) is 13.9 Å². The van der Waals surface area contributed by atoms with Crippen molar-refractivity contribution in [1.82, 2.24) is 4.98 Å². The number of carbonyl (C=O) groups is 1. The molecule has 1 heterocycles. The van der Waals surface area contributed by atoms with Crippen LogP contribution in [0, 0.1) is 5.82 Å². The van der Waals surface area contributed by atoms with Crippen LogP contribution in [0.1, 0.15) is 12.8 Å². The van der Waals surface area contributed by atoms with Gasteiger partial charge >= 0.3 is 6.09 Å². The molecular formula is C19H17FN2O4. The van der Waals surface area contributed by atoms with Crippen LogP contribution in [0.3, 0.4) is 0 Å².